The molecule has 7 heteroatoms. The van der Waals surface area contributed by atoms with Crippen LogP contribution in [0.15, 0.2) is 23.2 Å². The summed E-state index contributed by atoms with van der Waals surface area (Å²) in [4.78, 5) is 4.72. The zero-order chi connectivity index (χ0) is 20.5. The van der Waals surface area contributed by atoms with Gasteiger partial charge >= 0.3 is 0 Å². The van der Waals surface area contributed by atoms with Gasteiger partial charge in [0.05, 0.1) is 26.5 Å². The number of nitrogens with one attached hydrogen (secondary N) is 2. The fourth-order valence-corrected chi connectivity index (χ4v) is 3.08. The monoisotopic (exact) mass is 387 g/mol. The van der Waals surface area contributed by atoms with Gasteiger partial charge in [0.2, 0.25) is 0 Å². The second-order valence-corrected chi connectivity index (χ2v) is 6.69. The molecule has 2 N–H and O–H groups in total. The Bertz CT molecular complexity index is 798. The Morgan fingerprint density at radius 1 is 1.14 bits per heavy atom. The number of aromatic nitrogens is 2. The number of benzene rings is 1. The predicted octanol–water partition coefficient (Wildman–Crippen LogP) is 2.74. The molecule has 0 aliphatic rings. The minimum atomic E-state index is 0.622. The van der Waals surface area contributed by atoms with Crippen LogP contribution in [0.4, 0.5) is 0 Å². The SMILES string of the molecule is CCNC(=NCc1c(C)nn(C)c1C)NCCCc1ccc(OC)c(OC)c1. The quantitative estimate of drug-likeness (QED) is 0.393. The maximum atomic E-state index is 5.37. The number of aliphatic imine (C=N–C) groups is 1. The van der Waals surface area contributed by atoms with Gasteiger partial charge in [0.1, 0.15) is 0 Å². The van der Waals surface area contributed by atoms with E-state index in [-0.39, 0.29) is 0 Å². The molecule has 0 unspecified atom stereocenters. The summed E-state index contributed by atoms with van der Waals surface area (Å²) < 4.78 is 12.6. The molecule has 1 aromatic carbocycles. The second-order valence-electron chi connectivity index (χ2n) is 6.69. The van der Waals surface area contributed by atoms with E-state index in [0.717, 1.165) is 54.8 Å². The first-order chi connectivity index (χ1) is 13.5. The standard InChI is InChI=1S/C21H33N5O2/c1-7-22-21(24-14-18-15(2)25-26(4)16(18)3)23-12-8-9-17-10-11-19(27-5)20(13-17)28-6/h10-11,13H,7-9,12,14H2,1-6H3,(H2,22,23,24). The molecule has 0 fully saturated rings. The summed E-state index contributed by atoms with van der Waals surface area (Å²) in [6.07, 6.45) is 1.94. The second kappa shape index (κ2) is 10.6. The third kappa shape index (κ3) is 5.65. The average Bonchev–Trinajstić information content (AvgIpc) is 2.94. The van der Waals surface area contributed by atoms with Crippen molar-refractivity contribution in [2.75, 3.05) is 27.3 Å². The molecule has 0 atom stereocenters. The lowest BCUT2D eigenvalue weighted by Crippen LogP contribution is -2.37. The third-order valence-corrected chi connectivity index (χ3v) is 4.78. The molecule has 0 bridgehead atoms. The van der Waals surface area contributed by atoms with Gasteiger partial charge in [-0.2, -0.15) is 5.10 Å². The van der Waals surface area contributed by atoms with E-state index >= 15 is 0 Å². The molecule has 154 valence electrons. The zero-order valence-corrected chi connectivity index (χ0v) is 17.9. The Kier molecular flexibility index (Phi) is 8.17. The van der Waals surface area contributed by atoms with E-state index in [1.165, 1.54) is 11.1 Å². The van der Waals surface area contributed by atoms with Crippen LogP contribution >= 0.6 is 0 Å². The molecule has 2 aromatic rings. The topological polar surface area (TPSA) is 72.7 Å². The summed E-state index contributed by atoms with van der Waals surface area (Å²) in [5.41, 5.74) is 4.60. The minimum absolute atomic E-state index is 0.622. The summed E-state index contributed by atoms with van der Waals surface area (Å²) in [7, 11) is 5.28. The van der Waals surface area contributed by atoms with E-state index in [9.17, 15) is 0 Å². The Morgan fingerprint density at radius 3 is 2.50 bits per heavy atom. The highest BCUT2D eigenvalue weighted by atomic mass is 16.5. The van der Waals surface area contributed by atoms with E-state index < -0.39 is 0 Å². The van der Waals surface area contributed by atoms with Crippen LogP contribution in [0, 0.1) is 13.8 Å². The van der Waals surface area contributed by atoms with E-state index in [4.69, 9.17) is 14.5 Å². The van der Waals surface area contributed by atoms with Crippen LogP contribution in [0.1, 0.15) is 35.9 Å². The van der Waals surface area contributed by atoms with Crippen LogP contribution in [0.25, 0.3) is 0 Å². The molecule has 0 aliphatic heterocycles. The number of ether oxygens (including phenoxy) is 2. The third-order valence-electron chi connectivity index (χ3n) is 4.78. The fourth-order valence-electron chi connectivity index (χ4n) is 3.08. The molecule has 0 saturated heterocycles. The number of hydrogen-bond donors (Lipinski definition) is 2. The highest BCUT2D eigenvalue weighted by molar-refractivity contribution is 5.79. The molecule has 0 amide bonds. The number of nitrogens with zero attached hydrogens (tertiary/aromatic N) is 3. The van der Waals surface area contributed by atoms with E-state index in [2.05, 4.69) is 35.6 Å². The first-order valence-corrected chi connectivity index (χ1v) is 9.72. The smallest absolute Gasteiger partial charge is 0.191 e. The maximum absolute atomic E-state index is 5.37. The molecule has 0 aliphatic carbocycles. The Hall–Kier alpha value is -2.70. The highest BCUT2D eigenvalue weighted by Gasteiger charge is 2.09. The maximum Gasteiger partial charge on any atom is 0.191 e. The van der Waals surface area contributed by atoms with E-state index in [1.54, 1.807) is 14.2 Å². The molecular formula is C21H33N5O2. The van der Waals surface area contributed by atoms with E-state index in [0.29, 0.717) is 6.54 Å². The predicted molar refractivity (Wildman–Crippen MR) is 113 cm³/mol. The van der Waals surface area contributed by atoms with Crippen LogP contribution in [-0.4, -0.2) is 43.0 Å². The average molecular weight is 388 g/mol. The van der Waals surface area contributed by atoms with Crippen LogP contribution in [0.3, 0.4) is 0 Å². The van der Waals surface area contributed by atoms with Gasteiger partial charge in [0, 0.05) is 31.4 Å². The van der Waals surface area contributed by atoms with Gasteiger partial charge in [0.15, 0.2) is 17.5 Å². The van der Waals surface area contributed by atoms with Crippen LogP contribution in [0.5, 0.6) is 11.5 Å². The molecule has 1 aromatic heterocycles. The normalized spacial score (nSPS) is 11.4. The molecule has 7 nitrogen and oxygen atoms in total. The van der Waals surface area contributed by atoms with Crippen molar-refractivity contribution < 1.29 is 9.47 Å². The van der Waals surface area contributed by atoms with Gasteiger partial charge in [-0.1, -0.05) is 6.07 Å². The molecule has 0 spiro atoms. The van der Waals surface area contributed by atoms with Crippen molar-refractivity contribution in [3.05, 3.63) is 40.7 Å². The van der Waals surface area contributed by atoms with Gasteiger partial charge in [-0.05, 0) is 51.3 Å². The lowest BCUT2D eigenvalue weighted by Gasteiger charge is -2.12. The molecule has 0 saturated carbocycles. The lowest BCUT2D eigenvalue weighted by atomic mass is 10.1. The Morgan fingerprint density at radius 2 is 1.89 bits per heavy atom. The first kappa shape index (κ1) is 21.6. The number of aryl methyl sites for hydroxylation is 3. The molecule has 0 radical (unpaired) electrons. The molecule has 2 rings (SSSR count). The lowest BCUT2D eigenvalue weighted by molar-refractivity contribution is 0.354. The van der Waals surface area contributed by atoms with Crippen molar-refractivity contribution in [1.29, 1.82) is 0 Å². The van der Waals surface area contributed by atoms with Gasteiger partial charge in [-0.15, -0.1) is 0 Å². The summed E-state index contributed by atoms with van der Waals surface area (Å²) >= 11 is 0. The zero-order valence-electron chi connectivity index (χ0n) is 17.9. The Balaban J connectivity index is 1.89. The van der Waals surface area contributed by atoms with Crippen molar-refractivity contribution in [3.8, 4) is 11.5 Å². The summed E-state index contributed by atoms with van der Waals surface area (Å²) in [5, 5.41) is 11.2. The molecule has 28 heavy (non-hydrogen) atoms. The number of hydrogen-bond acceptors (Lipinski definition) is 4. The Labute approximate surface area is 168 Å². The van der Waals surface area contributed by atoms with Crippen LogP contribution < -0.4 is 20.1 Å². The van der Waals surface area contributed by atoms with Gasteiger partial charge in [-0.3, -0.25) is 4.68 Å². The fraction of sp³-hybridized carbons (Fsp3) is 0.524. The van der Waals surface area contributed by atoms with Crippen molar-refractivity contribution in [2.24, 2.45) is 12.0 Å². The van der Waals surface area contributed by atoms with Gasteiger partial charge in [-0.25, -0.2) is 4.99 Å². The molecular weight excluding hydrogens is 354 g/mol. The van der Waals surface area contributed by atoms with Crippen molar-refractivity contribution in [1.82, 2.24) is 20.4 Å². The molecule has 1 heterocycles. The van der Waals surface area contributed by atoms with Crippen molar-refractivity contribution in [2.45, 2.75) is 40.2 Å². The number of guanidine groups is 1. The summed E-state index contributed by atoms with van der Waals surface area (Å²) in [6.45, 7) is 8.46. The van der Waals surface area contributed by atoms with Crippen LogP contribution in [0.2, 0.25) is 0 Å². The van der Waals surface area contributed by atoms with Gasteiger partial charge in [0.25, 0.3) is 0 Å². The minimum Gasteiger partial charge on any atom is -0.493 e. The number of methoxy groups -OCH3 is 2. The summed E-state index contributed by atoms with van der Waals surface area (Å²) in [6, 6.07) is 6.06. The van der Waals surface area contributed by atoms with Crippen molar-refractivity contribution in [3.63, 3.8) is 0 Å². The highest BCUT2D eigenvalue weighted by Crippen LogP contribution is 2.27. The number of rotatable bonds is 9. The largest absolute Gasteiger partial charge is 0.493 e. The summed E-state index contributed by atoms with van der Waals surface area (Å²) in [5.74, 6) is 2.36. The van der Waals surface area contributed by atoms with Gasteiger partial charge < -0.3 is 20.1 Å². The first-order valence-electron chi connectivity index (χ1n) is 9.72. The van der Waals surface area contributed by atoms with E-state index in [1.807, 2.05) is 30.8 Å². The van der Waals surface area contributed by atoms with Crippen molar-refractivity contribution >= 4 is 5.96 Å². The van der Waals surface area contributed by atoms with Crippen LogP contribution in [-0.2, 0) is 20.0 Å².